The van der Waals surface area contributed by atoms with Gasteiger partial charge in [0.15, 0.2) is 0 Å². The Kier molecular flexibility index (Phi) is 26.0. The Hall–Kier alpha value is -14.0. The average molecular weight is 1760 g/mol. The van der Waals surface area contributed by atoms with Crippen molar-refractivity contribution in [1.82, 2.24) is 73.4 Å². The number of nitrogens with zero attached hydrogens (tertiary/aromatic N) is 21. The third-order valence-electron chi connectivity index (χ3n) is 24.1. The van der Waals surface area contributed by atoms with Crippen molar-refractivity contribution in [3.8, 4) is 122 Å². The van der Waals surface area contributed by atoms with E-state index in [0.29, 0.717) is 98.2 Å². The van der Waals surface area contributed by atoms with Crippen LogP contribution in [0.4, 0.5) is 17.5 Å². The van der Waals surface area contributed by atoms with Crippen LogP contribution < -0.4 is 43.1 Å². The highest BCUT2D eigenvalue weighted by atomic mass is 16.5. The third-order valence-corrected chi connectivity index (χ3v) is 24.1. The maximum absolute atomic E-state index is 11.1. The summed E-state index contributed by atoms with van der Waals surface area (Å²) in [7, 11) is 4.79. The molecule has 21 heterocycles. The van der Waals surface area contributed by atoms with E-state index in [1.54, 1.807) is 132 Å². The Morgan fingerprint density at radius 2 is 0.718 bits per heavy atom. The van der Waals surface area contributed by atoms with Crippen LogP contribution in [0.2, 0.25) is 0 Å². The second kappa shape index (κ2) is 37.6. The molecular formula is C100H107N21O10. The van der Waals surface area contributed by atoms with Crippen molar-refractivity contribution in [2.24, 2.45) is 5.92 Å². The molecule has 0 aliphatic carbocycles. The number of pyridine rings is 9. The van der Waals surface area contributed by atoms with Crippen LogP contribution >= 0.6 is 0 Å². The first-order valence-electron chi connectivity index (χ1n) is 43.8. The van der Waals surface area contributed by atoms with Gasteiger partial charge < -0.3 is 63.5 Å². The summed E-state index contributed by atoms with van der Waals surface area (Å²) in [6.45, 7) is 25.8. The lowest BCUT2D eigenvalue weighted by Crippen LogP contribution is -2.73. The quantitative estimate of drug-likeness (QED) is 0.0432. The van der Waals surface area contributed by atoms with E-state index in [4.69, 9.17) is 43.4 Å². The number of nitriles is 3. The van der Waals surface area contributed by atoms with Gasteiger partial charge in [0.25, 0.3) is 0 Å². The minimum Gasteiger partial charge on any atom is -0.489 e. The highest BCUT2D eigenvalue weighted by Gasteiger charge is 2.52. The first kappa shape index (κ1) is 90.4. The highest BCUT2D eigenvalue weighted by Crippen LogP contribution is 2.43. The molecule has 0 aromatic carbocycles. The van der Waals surface area contributed by atoms with E-state index in [1.165, 1.54) is 6.20 Å². The van der Waals surface area contributed by atoms with Gasteiger partial charge in [0.1, 0.15) is 78.8 Å². The van der Waals surface area contributed by atoms with Gasteiger partial charge in [-0.3, -0.25) is 14.7 Å². The molecular weight excluding hydrogens is 1660 g/mol. The summed E-state index contributed by atoms with van der Waals surface area (Å²) < 4.78 is 38.2. The third kappa shape index (κ3) is 20.4. The molecule has 12 aromatic rings. The second-order valence-corrected chi connectivity index (χ2v) is 36.9. The largest absolute Gasteiger partial charge is 0.489 e. The number of hydrogen-bond donors (Lipinski definition) is 4. The van der Waals surface area contributed by atoms with Gasteiger partial charge in [-0.15, -0.1) is 0 Å². The van der Waals surface area contributed by atoms with Gasteiger partial charge in [0, 0.05) is 181 Å². The number of fused-ring (bicyclic) bond motifs is 9. The molecule has 9 aliphatic rings. The molecule has 9 unspecified atom stereocenters. The van der Waals surface area contributed by atoms with Crippen LogP contribution in [-0.4, -0.2) is 251 Å². The van der Waals surface area contributed by atoms with Crippen molar-refractivity contribution in [2.75, 3.05) is 95.1 Å². The predicted octanol–water partition coefficient (Wildman–Crippen LogP) is 11.0. The van der Waals surface area contributed by atoms with Gasteiger partial charge in [0.05, 0.1) is 126 Å². The Morgan fingerprint density at radius 1 is 0.397 bits per heavy atom. The minimum absolute atomic E-state index is 0.105. The van der Waals surface area contributed by atoms with Gasteiger partial charge in [-0.25, -0.2) is 43.5 Å². The highest BCUT2D eigenvalue weighted by molar-refractivity contribution is 5.88. The Morgan fingerprint density at radius 3 is 1.02 bits per heavy atom. The van der Waals surface area contributed by atoms with E-state index in [0.717, 1.165) is 126 Å². The molecule has 21 rings (SSSR count). The molecule has 9 atom stereocenters. The van der Waals surface area contributed by atoms with Crippen molar-refractivity contribution in [2.45, 2.75) is 172 Å². The Balaban J connectivity index is 0.000000144. The lowest BCUT2D eigenvalue weighted by atomic mass is 9.81. The lowest BCUT2D eigenvalue weighted by molar-refractivity contribution is -0.0897. The number of piperazine rings is 3. The minimum atomic E-state index is -1.02. The number of aliphatic hydroxyl groups is 4. The first-order valence-corrected chi connectivity index (χ1v) is 43.8. The maximum Gasteiger partial charge on any atom is 0.214 e. The smallest absolute Gasteiger partial charge is 0.214 e. The summed E-state index contributed by atoms with van der Waals surface area (Å²) in [6, 6.07) is 37.7. The molecule has 0 saturated carbocycles. The first-order chi connectivity index (χ1) is 62.8. The van der Waals surface area contributed by atoms with E-state index in [-0.39, 0.29) is 50.0 Å². The summed E-state index contributed by atoms with van der Waals surface area (Å²) >= 11 is 0. The lowest BCUT2D eigenvalue weighted by Gasteiger charge is -2.60. The predicted molar refractivity (Wildman–Crippen MR) is 495 cm³/mol. The fraction of sp³-hybridized carbons (Fsp3) is 0.400. The number of aromatic nitrogens is 12. The van der Waals surface area contributed by atoms with Crippen LogP contribution in [0.5, 0.6) is 34.9 Å². The number of hydrogen-bond acceptors (Lipinski definition) is 28. The summed E-state index contributed by atoms with van der Waals surface area (Å²) in [5.41, 5.74) is 6.95. The zero-order valence-corrected chi connectivity index (χ0v) is 76.0. The van der Waals surface area contributed by atoms with Gasteiger partial charge in [-0.2, -0.15) is 31.1 Å². The van der Waals surface area contributed by atoms with E-state index >= 15 is 0 Å². The standard InChI is InChI=1S/C34H37N7O4.C34H37N7O3.C32H33N7O3/c1-33(2,42)21-45-27-14-28(32-24(15-35)17-38-40(32)20-27)23-7-9-30(37-16-23)39-18-25-13-26(19-39)41(25)29(34(3,4)43)8-6-22-10-11-36-31(12-22)44-5;1-22(2)30(8-6-23-10-11-36-32(12-23)43-5)41-26-13-27(41)19-39(18-26)31-9-7-24(16-37-31)29-14-28(44-21-34(3,4)42)20-40-33(29)25(15-35)17-38-40;1-21(5-6-22-9-10-34-30(11-22)41-4)39-25-12-26(39)18-37(17-25)29-8-7-23(15-35-29)28-13-27(42-20-32(2,3)40)19-38-31(28)24(14-33)16-36-38/h7,9-12,14,16-17,20,25-26,29,42-43H,13,18-19,21H2,1-5H3;7,9-12,14,16-17,20,22,26-27,30,42H,13,18-19,21H2,1-5H3;7-11,13,15-16,19,21,25-26,40H,12,17-18,20H2,1-4H3. The second-order valence-electron chi connectivity index (χ2n) is 36.9. The van der Waals surface area contributed by atoms with Gasteiger partial charge in [-0.1, -0.05) is 49.4 Å². The van der Waals surface area contributed by atoms with E-state index in [2.05, 4.69) is 134 Å². The Labute approximate surface area is 762 Å². The summed E-state index contributed by atoms with van der Waals surface area (Å²) in [5, 5.41) is 83.7. The van der Waals surface area contributed by atoms with Crippen LogP contribution in [0.15, 0.2) is 165 Å². The van der Waals surface area contributed by atoms with Crippen molar-refractivity contribution in [3.05, 3.63) is 199 Å². The van der Waals surface area contributed by atoms with Crippen LogP contribution in [0.1, 0.15) is 129 Å². The van der Waals surface area contributed by atoms with Crippen molar-refractivity contribution in [3.63, 3.8) is 0 Å². The van der Waals surface area contributed by atoms with Gasteiger partial charge >= 0.3 is 0 Å². The molecule has 672 valence electrons. The van der Waals surface area contributed by atoms with Crippen molar-refractivity contribution < 1.29 is 48.8 Å². The Bertz CT molecular complexity index is 6480. The summed E-state index contributed by atoms with van der Waals surface area (Å²) in [4.78, 5) is 41.4. The number of ether oxygens (including phenoxy) is 6. The molecule has 131 heavy (non-hydrogen) atoms. The number of piperidine rings is 3. The van der Waals surface area contributed by atoms with E-state index < -0.39 is 22.4 Å². The van der Waals surface area contributed by atoms with Crippen molar-refractivity contribution in [1.29, 1.82) is 15.8 Å². The van der Waals surface area contributed by atoms with Crippen LogP contribution in [0.3, 0.4) is 0 Å². The normalized spacial score (nSPS) is 18.8. The number of anilines is 3. The molecule has 31 heteroatoms. The van der Waals surface area contributed by atoms with Crippen LogP contribution in [0, 0.1) is 75.4 Å². The summed E-state index contributed by atoms with van der Waals surface area (Å²) in [5.74, 6) is 26.5. The average Bonchev–Trinajstić information content (AvgIpc) is 1.43. The molecule has 0 spiro atoms. The number of methoxy groups -OCH3 is 3. The molecule has 0 radical (unpaired) electrons. The molecule has 6 bridgehead atoms. The molecule has 31 nitrogen and oxygen atoms in total. The van der Waals surface area contributed by atoms with Crippen molar-refractivity contribution >= 4 is 34.0 Å². The zero-order chi connectivity index (χ0) is 92.4. The number of rotatable bonds is 23. The molecule has 12 aromatic heterocycles. The van der Waals surface area contributed by atoms with E-state index in [9.17, 15) is 36.2 Å². The topological polar surface area (TPSA) is 356 Å². The molecule has 9 aliphatic heterocycles. The SMILES string of the molecule is COc1cc(C#CC(C(C)C)N2C3CC2CN(c2ccc(-c4cc(OCC(C)(C)O)cn5ncc(C#N)c45)cn2)C3)ccn1.COc1cc(C#CC(C)N2C3CC2CN(c2ccc(-c4cc(OCC(C)(C)O)cn5ncc(C#N)c45)cn2)C3)ccn1.COc1cc(C#CC(N2C3CC2CN(c2ccc(-c4cc(OCC(C)(C)O)cn5ncc(C#N)c45)cn2)C3)C(C)(C)O)ccn1. The summed E-state index contributed by atoms with van der Waals surface area (Å²) in [6.07, 6.45) is 23.8. The fourth-order valence-electron chi connectivity index (χ4n) is 18.0. The molecule has 4 N–H and O–H groups in total. The van der Waals surface area contributed by atoms with Gasteiger partial charge in [-0.05, 0) is 160 Å². The van der Waals surface area contributed by atoms with Crippen LogP contribution in [-0.2, 0) is 0 Å². The fourth-order valence-corrected chi connectivity index (χ4v) is 18.0. The maximum atomic E-state index is 11.1. The molecule has 0 amide bonds. The zero-order valence-electron chi connectivity index (χ0n) is 76.0. The monoisotopic (exact) mass is 1760 g/mol. The van der Waals surface area contributed by atoms with Gasteiger partial charge in [0.2, 0.25) is 17.6 Å². The van der Waals surface area contributed by atoms with Crippen LogP contribution in [0.25, 0.3) is 49.9 Å². The van der Waals surface area contributed by atoms with E-state index in [1.807, 2.05) is 117 Å². The molecule has 9 saturated heterocycles. The molecule has 9 fully saturated rings.